The van der Waals surface area contributed by atoms with Crippen LogP contribution in [0, 0.1) is 16.7 Å². The van der Waals surface area contributed by atoms with E-state index < -0.39 is 0 Å². The van der Waals surface area contributed by atoms with Crippen LogP contribution in [0.25, 0.3) is 0 Å². The summed E-state index contributed by atoms with van der Waals surface area (Å²) in [5.74, 6) is 0. The second-order valence-electron chi connectivity index (χ2n) is 4.53. The average molecular weight is 175 g/mol. The molecule has 0 bridgehead atoms. The van der Waals surface area contributed by atoms with Crippen molar-refractivity contribution in [2.45, 2.75) is 51.4 Å². The normalized spacial score (nSPS) is 25.6. The molecule has 0 heterocycles. The number of hydrogen-bond donors (Lipinski definition) is 0. The van der Waals surface area contributed by atoms with Crippen LogP contribution in [0.3, 0.4) is 0 Å². The highest BCUT2D eigenvalue weighted by atomic mass is 14.4. The van der Waals surface area contributed by atoms with Crippen LogP contribution < -0.4 is 0 Å². The van der Waals surface area contributed by atoms with E-state index in [-0.39, 0.29) is 5.41 Å². The average Bonchev–Trinajstić information content (AvgIpc) is 2.77. The van der Waals surface area contributed by atoms with E-state index in [1.807, 2.05) is 0 Å². The molecule has 13 heavy (non-hydrogen) atoms. The lowest BCUT2D eigenvalue weighted by molar-refractivity contribution is 0.403. The van der Waals surface area contributed by atoms with Crippen LogP contribution in [-0.4, -0.2) is 0 Å². The van der Waals surface area contributed by atoms with Gasteiger partial charge in [-0.2, -0.15) is 5.26 Å². The number of nitrogens with zero attached hydrogens (tertiary/aromatic N) is 1. The quantitative estimate of drug-likeness (QED) is 0.588. The largest absolute Gasteiger partial charge is 0.198 e. The maximum absolute atomic E-state index is 9.20. The van der Waals surface area contributed by atoms with Crippen molar-refractivity contribution in [1.82, 2.24) is 0 Å². The van der Waals surface area contributed by atoms with Gasteiger partial charge in [-0.05, 0) is 38.5 Å². The number of hydrogen-bond acceptors (Lipinski definition) is 1. The van der Waals surface area contributed by atoms with Gasteiger partial charge in [0.1, 0.15) is 0 Å². The molecule has 70 valence electrons. The smallest absolute Gasteiger partial charge is 0.0693 e. The van der Waals surface area contributed by atoms with Crippen LogP contribution in [0.15, 0.2) is 11.6 Å². The summed E-state index contributed by atoms with van der Waals surface area (Å²) in [4.78, 5) is 0. The molecule has 0 unspecified atom stereocenters. The highest BCUT2D eigenvalue weighted by Gasteiger charge is 2.34. The van der Waals surface area contributed by atoms with Crippen LogP contribution in [0.2, 0.25) is 0 Å². The Kier molecular flexibility index (Phi) is 2.40. The zero-order chi connectivity index (χ0) is 9.15. The lowest BCUT2D eigenvalue weighted by atomic mass is 9.81. The molecular weight excluding hydrogens is 158 g/mol. The molecule has 0 aromatic carbocycles. The van der Waals surface area contributed by atoms with Gasteiger partial charge in [0.2, 0.25) is 0 Å². The summed E-state index contributed by atoms with van der Waals surface area (Å²) in [6.45, 7) is 0. The third-order valence-electron chi connectivity index (χ3n) is 3.50. The van der Waals surface area contributed by atoms with E-state index >= 15 is 0 Å². The second-order valence-corrected chi connectivity index (χ2v) is 4.53. The van der Waals surface area contributed by atoms with E-state index in [0.29, 0.717) is 0 Å². The molecule has 2 aliphatic carbocycles. The molecule has 1 heteroatoms. The molecule has 1 nitrogen and oxygen atoms in total. The first-order valence-corrected chi connectivity index (χ1v) is 5.44. The predicted octanol–water partition coefficient (Wildman–Crippen LogP) is 3.57. The first kappa shape index (κ1) is 8.81. The molecule has 0 aliphatic heterocycles. The fourth-order valence-corrected chi connectivity index (χ4v) is 2.71. The van der Waals surface area contributed by atoms with Gasteiger partial charge in [0.15, 0.2) is 0 Å². The lowest BCUT2D eigenvalue weighted by Gasteiger charge is -2.20. The summed E-state index contributed by atoms with van der Waals surface area (Å²) in [7, 11) is 0. The van der Waals surface area contributed by atoms with Crippen molar-refractivity contribution in [3.63, 3.8) is 0 Å². The topological polar surface area (TPSA) is 23.8 Å². The Morgan fingerprint density at radius 2 is 2.08 bits per heavy atom. The van der Waals surface area contributed by atoms with Gasteiger partial charge in [0, 0.05) is 0 Å². The van der Waals surface area contributed by atoms with Gasteiger partial charge in [-0.3, -0.25) is 0 Å². The van der Waals surface area contributed by atoms with E-state index in [1.165, 1.54) is 32.1 Å². The van der Waals surface area contributed by atoms with Crippen molar-refractivity contribution in [2.75, 3.05) is 0 Å². The van der Waals surface area contributed by atoms with Gasteiger partial charge in [-0.1, -0.05) is 24.5 Å². The maximum Gasteiger partial charge on any atom is 0.0693 e. The predicted molar refractivity (Wildman–Crippen MR) is 53.1 cm³/mol. The van der Waals surface area contributed by atoms with Crippen molar-refractivity contribution in [1.29, 1.82) is 5.26 Å². The molecule has 0 aromatic rings. The van der Waals surface area contributed by atoms with Crippen molar-refractivity contribution in [2.24, 2.45) is 5.41 Å². The summed E-state index contributed by atoms with van der Waals surface area (Å²) < 4.78 is 0. The van der Waals surface area contributed by atoms with E-state index in [2.05, 4.69) is 12.1 Å². The second kappa shape index (κ2) is 3.54. The molecule has 0 amide bonds. The highest BCUT2D eigenvalue weighted by molar-refractivity contribution is 5.16. The zero-order valence-corrected chi connectivity index (χ0v) is 8.18. The molecule has 0 atom stereocenters. The van der Waals surface area contributed by atoms with E-state index in [1.54, 1.807) is 5.57 Å². The molecule has 2 rings (SSSR count). The van der Waals surface area contributed by atoms with E-state index in [0.717, 1.165) is 19.3 Å². The Morgan fingerprint density at radius 1 is 1.31 bits per heavy atom. The number of rotatable bonds is 2. The van der Waals surface area contributed by atoms with Crippen molar-refractivity contribution in [3.8, 4) is 6.07 Å². The summed E-state index contributed by atoms with van der Waals surface area (Å²) in [5, 5.41) is 9.20. The third kappa shape index (κ3) is 1.77. The van der Waals surface area contributed by atoms with Crippen molar-refractivity contribution >= 4 is 0 Å². The van der Waals surface area contributed by atoms with Crippen LogP contribution in [0.5, 0.6) is 0 Å². The minimum atomic E-state index is 0.0379. The van der Waals surface area contributed by atoms with Crippen molar-refractivity contribution in [3.05, 3.63) is 11.6 Å². The summed E-state index contributed by atoms with van der Waals surface area (Å²) in [6.07, 6.45) is 12.1. The Labute approximate surface area is 80.4 Å². The number of nitriles is 1. The van der Waals surface area contributed by atoms with Gasteiger partial charge in [0.05, 0.1) is 11.5 Å². The van der Waals surface area contributed by atoms with E-state index in [4.69, 9.17) is 0 Å². The minimum absolute atomic E-state index is 0.0379. The number of allylic oxidation sites excluding steroid dienone is 2. The lowest BCUT2D eigenvalue weighted by Crippen LogP contribution is -2.13. The Morgan fingerprint density at radius 3 is 2.62 bits per heavy atom. The van der Waals surface area contributed by atoms with Crippen LogP contribution >= 0.6 is 0 Å². The SMILES string of the molecule is N#CC1(CC2=CCCC2)CCCC1. The fraction of sp³-hybridized carbons (Fsp3) is 0.750. The van der Waals surface area contributed by atoms with E-state index in [9.17, 15) is 5.26 Å². The molecule has 0 saturated heterocycles. The molecule has 0 aromatic heterocycles. The van der Waals surface area contributed by atoms with Crippen LogP contribution in [0.1, 0.15) is 51.4 Å². The Bertz CT molecular complexity index is 251. The van der Waals surface area contributed by atoms with Crippen LogP contribution in [0.4, 0.5) is 0 Å². The zero-order valence-electron chi connectivity index (χ0n) is 8.18. The molecule has 0 radical (unpaired) electrons. The minimum Gasteiger partial charge on any atom is -0.198 e. The molecule has 2 aliphatic rings. The summed E-state index contributed by atoms with van der Waals surface area (Å²) in [6, 6.07) is 2.56. The van der Waals surface area contributed by atoms with Crippen molar-refractivity contribution < 1.29 is 0 Å². The molecular formula is C12H17N. The first-order valence-electron chi connectivity index (χ1n) is 5.44. The standard InChI is InChI=1S/C12H17N/c13-10-12(7-3-4-8-12)9-11-5-1-2-6-11/h5H,1-4,6-9H2. The Balaban J connectivity index is 2.02. The molecule has 1 saturated carbocycles. The monoisotopic (exact) mass is 175 g/mol. The van der Waals surface area contributed by atoms with Crippen LogP contribution in [-0.2, 0) is 0 Å². The summed E-state index contributed by atoms with van der Waals surface area (Å²) in [5.41, 5.74) is 1.60. The maximum atomic E-state index is 9.20. The van der Waals surface area contributed by atoms with Gasteiger partial charge < -0.3 is 0 Å². The Hall–Kier alpha value is -0.770. The fourth-order valence-electron chi connectivity index (χ4n) is 2.71. The van der Waals surface area contributed by atoms with Gasteiger partial charge >= 0.3 is 0 Å². The van der Waals surface area contributed by atoms with Gasteiger partial charge in [-0.25, -0.2) is 0 Å². The molecule has 1 fully saturated rings. The highest BCUT2D eigenvalue weighted by Crippen LogP contribution is 2.44. The summed E-state index contributed by atoms with van der Waals surface area (Å²) >= 11 is 0. The molecule has 0 N–H and O–H groups in total. The third-order valence-corrected chi connectivity index (χ3v) is 3.50. The first-order chi connectivity index (χ1) is 6.35. The van der Waals surface area contributed by atoms with Gasteiger partial charge in [-0.15, -0.1) is 0 Å². The van der Waals surface area contributed by atoms with Gasteiger partial charge in [0.25, 0.3) is 0 Å². The molecule has 0 spiro atoms.